The number of hydrogen-bond donors (Lipinski definition) is 2. The fraction of sp³-hybridized carbons (Fsp3) is 0.294. The molecule has 0 aliphatic carbocycles. The van der Waals surface area contributed by atoms with Crippen molar-refractivity contribution in [2.45, 2.75) is 32.7 Å². The quantitative estimate of drug-likeness (QED) is 0.862. The fourth-order valence-corrected chi connectivity index (χ4v) is 2.13. The van der Waals surface area contributed by atoms with Crippen LogP contribution in [0, 0.1) is 0 Å². The van der Waals surface area contributed by atoms with E-state index in [9.17, 15) is 0 Å². The first-order valence-corrected chi connectivity index (χ1v) is 6.66. The highest BCUT2D eigenvalue weighted by atomic mass is 14.9. The van der Waals surface area contributed by atoms with Crippen LogP contribution in [-0.4, -0.2) is 0 Å². The molecule has 0 bridgehead atoms. The molecule has 0 aliphatic rings. The number of nitrogens with one attached hydrogen (secondary N) is 1. The van der Waals surface area contributed by atoms with Crippen molar-refractivity contribution in [2.75, 3.05) is 5.32 Å². The lowest BCUT2D eigenvalue weighted by Crippen LogP contribution is -2.13. The molecule has 0 radical (unpaired) electrons. The Kier molecular flexibility index (Phi) is 3.91. The van der Waals surface area contributed by atoms with E-state index in [0.717, 1.165) is 16.9 Å². The van der Waals surface area contributed by atoms with Gasteiger partial charge >= 0.3 is 0 Å². The number of rotatable bonds is 3. The van der Waals surface area contributed by atoms with Crippen LogP contribution in [0.15, 0.2) is 48.5 Å². The summed E-state index contributed by atoms with van der Waals surface area (Å²) in [5.41, 5.74) is 10.5. The molecule has 0 amide bonds. The minimum atomic E-state index is 0.126. The smallest absolute Gasteiger partial charge is 0.0422 e. The Hall–Kier alpha value is -1.80. The Morgan fingerprint density at radius 2 is 1.58 bits per heavy atom. The molecule has 0 fully saturated rings. The Morgan fingerprint density at radius 3 is 2.16 bits per heavy atom. The first-order chi connectivity index (χ1) is 9.00. The van der Waals surface area contributed by atoms with Gasteiger partial charge < -0.3 is 11.1 Å². The van der Waals surface area contributed by atoms with Gasteiger partial charge in [0.05, 0.1) is 0 Å². The summed E-state index contributed by atoms with van der Waals surface area (Å²) in [6.07, 6.45) is 0. The van der Waals surface area contributed by atoms with Crippen molar-refractivity contribution in [1.82, 2.24) is 0 Å². The van der Waals surface area contributed by atoms with Crippen LogP contribution in [0.4, 0.5) is 11.4 Å². The number of benzene rings is 2. The van der Waals surface area contributed by atoms with Crippen molar-refractivity contribution in [3.8, 4) is 0 Å². The summed E-state index contributed by atoms with van der Waals surface area (Å²) < 4.78 is 0. The van der Waals surface area contributed by atoms with Gasteiger partial charge in [0.1, 0.15) is 0 Å². The number of nitrogens with two attached hydrogens (primary N) is 1. The molecule has 2 nitrogen and oxygen atoms in total. The average molecular weight is 254 g/mol. The lowest BCUT2D eigenvalue weighted by Gasteiger charge is -2.23. The standard InChI is InChI=1S/C17H22N2/c1-17(2,3)15-6-4-5-7-16(15)19-14-10-8-13(12-18)9-11-14/h4-11,19H,12,18H2,1-3H3. The summed E-state index contributed by atoms with van der Waals surface area (Å²) >= 11 is 0. The highest BCUT2D eigenvalue weighted by molar-refractivity contribution is 5.64. The van der Waals surface area contributed by atoms with Crippen molar-refractivity contribution in [3.63, 3.8) is 0 Å². The van der Waals surface area contributed by atoms with Crippen LogP contribution in [0.5, 0.6) is 0 Å². The van der Waals surface area contributed by atoms with Gasteiger partial charge in [-0.2, -0.15) is 0 Å². The molecule has 0 aromatic heterocycles. The predicted molar refractivity (Wildman–Crippen MR) is 82.8 cm³/mol. The summed E-state index contributed by atoms with van der Waals surface area (Å²) in [5, 5.41) is 3.49. The molecule has 0 unspecified atom stereocenters. The van der Waals surface area contributed by atoms with Gasteiger partial charge in [-0.15, -0.1) is 0 Å². The SMILES string of the molecule is CC(C)(C)c1ccccc1Nc1ccc(CN)cc1. The van der Waals surface area contributed by atoms with Crippen LogP contribution in [-0.2, 0) is 12.0 Å². The molecule has 0 saturated heterocycles. The van der Waals surface area contributed by atoms with Crippen molar-refractivity contribution in [1.29, 1.82) is 0 Å². The number of para-hydroxylation sites is 1. The van der Waals surface area contributed by atoms with E-state index in [1.165, 1.54) is 5.56 Å². The molecule has 19 heavy (non-hydrogen) atoms. The topological polar surface area (TPSA) is 38.0 Å². The summed E-state index contributed by atoms with van der Waals surface area (Å²) in [4.78, 5) is 0. The second-order valence-corrected chi connectivity index (χ2v) is 5.82. The van der Waals surface area contributed by atoms with Gasteiger partial charge in [-0.3, -0.25) is 0 Å². The molecule has 0 heterocycles. The lowest BCUT2D eigenvalue weighted by molar-refractivity contribution is 0.592. The van der Waals surface area contributed by atoms with Gasteiger partial charge in [-0.25, -0.2) is 0 Å². The van der Waals surface area contributed by atoms with E-state index in [-0.39, 0.29) is 5.41 Å². The lowest BCUT2D eigenvalue weighted by atomic mass is 9.86. The van der Waals surface area contributed by atoms with E-state index in [2.05, 4.69) is 74.6 Å². The molecule has 100 valence electrons. The van der Waals surface area contributed by atoms with E-state index in [0.29, 0.717) is 6.54 Å². The monoisotopic (exact) mass is 254 g/mol. The first kappa shape index (κ1) is 13.6. The molecule has 0 aliphatic heterocycles. The zero-order valence-corrected chi connectivity index (χ0v) is 11.9. The van der Waals surface area contributed by atoms with Crippen molar-refractivity contribution in [3.05, 3.63) is 59.7 Å². The minimum absolute atomic E-state index is 0.126. The summed E-state index contributed by atoms with van der Waals surface area (Å²) in [7, 11) is 0. The van der Waals surface area contributed by atoms with Gasteiger partial charge in [-0.05, 0) is 34.7 Å². The Balaban J connectivity index is 2.28. The Labute approximate surface area is 115 Å². The number of hydrogen-bond acceptors (Lipinski definition) is 2. The molecular weight excluding hydrogens is 232 g/mol. The molecule has 0 atom stereocenters. The predicted octanol–water partition coefficient (Wildman–Crippen LogP) is 4.19. The second-order valence-electron chi connectivity index (χ2n) is 5.82. The maximum Gasteiger partial charge on any atom is 0.0422 e. The van der Waals surface area contributed by atoms with E-state index < -0.39 is 0 Å². The van der Waals surface area contributed by atoms with Crippen LogP contribution in [0.2, 0.25) is 0 Å². The molecule has 2 aromatic carbocycles. The van der Waals surface area contributed by atoms with E-state index in [1.807, 2.05) is 0 Å². The maximum absolute atomic E-state index is 5.61. The maximum atomic E-state index is 5.61. The second kappa shape index (κ2) is 5.45. The van der Waals surface area contributed by atoms with Crippen LogP contribution >= 0.6 is 0 Å². The van der Waals surface area contributed by atoms with Crippen molar-refractivity contribution >= 4 is 11.4 Å². The first-order valence-electron chi connectivity index (χ1n) is 6.66. The molecule has 0 spiro atoms. The van der Waals surface area contributed by atoms with Gasteiger partial charge in [0.2, 0.25) is 0 Å². The molecule has 2 rings (SSSR count). The van der Waals surface area contributed by atoms with Crippen molar-refractivity contribution < 1.29 is 0 Å². The van der Waals surface area contributed by atoms with Gasteiger partial charge in [0, 0.05) is 17.9 Å². The van der Waals surface area contributed by atoms with E-state index >= 15 is 0 Å². The zero-order chi connectivity index (χ0) is 13.9. The summed E-state index contributed by atoms with van der Waals surface area (Å²) in [6, 6.07) is 16.7. The van der Waals surface area contributed by atoms with Crippen LogP contribution in [0.25, 0.3) is 0 Å². The van der Waals surface area contributed by atoms with E-state index in [4.69, 9.17) is 5.73 Å². The molecule has 2 aromatic rings. The average Bonchev–Trinajstić information content (AvgIpc) is 2.39. The van der Waals surface area contributed by atoms with Crippen LogP contribution in [0.3, 0.4) is 0 Å². The van der Waals surface area contributed by atoms with Gasteiger partial charge in [0.15, 0.2) is 0 Å². The fourth-order valence-electron chi connectivity index (χ4n) is 2.13. The van der Waals surface area contributed by atoms with Crippen LogP contribution < -0.4 is 11.1 Å². The third-order valence-electron chi connectivity index (χ3n) is 3.20. The molecule has 3 N–H and O–H groups in total. The number of anilines is 2. The highest BCUT2D eigenvalue weighted by Crippen LogP contribution is 2.31. The Bertz CT molecular complexity index is 536. The van der Waals surface area contributed by atoms with Crippen molar-refractivity contribution in [2.24, 2.45) is 5.73 Å². The summed E-state index contributed by atoms with van der Waals surface area (Å²) in [5.74, 6) is 0. The molecule has 0 saturated carbocycles. The van der Waals surface area contributed by atoms with E-state index in [1.54, 1.807) is 0 Å². The third-order valence-corrected chi connectivity index (χ3v) is 3.20. The molecular formula is C17H22N2. The molecule has 2 heteroatoms. The van der Waals surface area contributed by atoms with Gasteiger partial charge in [0.25, 0.3) is 0 Å². The Morgan fingerprint density at radius 1 is 0.947 bits per heavy atom. The third kappa shape index (κ3) is 3.36. The summed E-state index contributed by atoms with van der Waals surface area (Å²) in [6.45, 7) is 7.26. The zero-order valence-electron chi connectivity index (χ0n) is 11.9. The highest BCUT2D eigenvalue weighted by Gasteiger charge is 2.17. The largest absolute Gasteiger partial charge is 0.355 e. The van der Waals surface area contributed by atoms with Crippen LogP contribution in [0.1, 0.15) is 31.9 Å². The normalized spacial score (nSPS) is 11.4. The minimum Gasteiger partial charge on any atom is -0.355 e. The van der Waals surface area contributed by atoms with Gasteiger partial charge in [-0.1, -0.05) is 51.1 Å².